The van der Waals surface area contributed by atoms with Crippen LogP contribution >= 0.6 is 65.2 Å². The maximum atomic E-state index is 7.30. The summed E-state index contributed by atoms with van der Waals surface area (Å²) in [7, 11) is 14.6. The standard InChI is InChI=1S/4C6H5ClO.2ClH.W/c4*7-5-1-3-6(8)4-2-5;;;/h4*1-4,8H;2*1H;/q;;;;;;+6/p-6. The van der Waals surface area contributed by atoms with E-state index in [0.717, 1.165) is 0 Å². The molecule has 0 spiro atoms. The first kappa shape index (κ1) is 26.6. The van der Waals surface area contributed by atoms with Crippen LogP contribution in [0.25, 0.3) is 0 Å². The van der Waals surface area contributed by atoms with Crippen molar-refractivity contribution < 1.29 is 26.6 Å². The Kier molecular flexibility index (Phi) is 7.41. The fourth-order valence-corrected chi connectivity index (χ4v) is 15.9. The fourth-order valence-electron chi connectivity index (χ4n) is 2.83. The fraction of sp³-hybridized carbons (Fsp3) is 0. The molecule has 0 saturated heterocycles. The number of halogens is 6. The first-order chi connectivity index (χ1) is 16.4. The Hall–Kier alpha value is -1.49. The van der Waals surface area contributed by atoms with Crippen molar-refractivity contribution in [2.75, 3.05) is 0 Å². The van der Waals surface area contributed by atoms with Gasteiger partial charge in [0, 0.05) is 0 Å². The van der Waals surface area contributed by atoms with Gasteiger partial charge < -0.3 is 0 Å². The van der Waals surface area contributed by atoms with Gasteiger partial charge in [-0.2, -0.15) is 0 Å². The van der Waals surface area contributed by atoms with Gasteiger partial charge >= 0.3 is 232 Å². The molecule has 0 saturated carbocycles. The molecule has 0 heterocycles. The van der Waals surface area contributed by atoms with Crippen LogP contribution in [0, 0.1) is 0 Å². The second-order valence-electron chi connectivity index (χ2n) is 7.12. The zero-order chi connectivity index (χ0) is 25.2. The molecular weight excluding hydrogens is 749 g/mol. The van der Waals surface area contributed by atoms with Crippen LogP contribution in [0.1, 0.15) is 0 Å². The van der Waals surface area contributed by atoms with Crippen molar-refractivity contribution in [3.05, 3.63) is 117 Å². The molecule has 0 N–H and O–H groups in total. The summed E-state index contributed by atoms with van der Waals surface area (Å²) in [5.74, 6) is 0.752. The van der Waals surface area contributed by atoms with Gasteiger partial charge in [0.1, 0.15) is 0 Å². The molecule has 0 aliphatic carbocycles. The summed E-state index contributed by atoms with van der Waals surface area (Å²) in [6.07, 6.45) is 0. The predicted molar refractivity (Wildman–Crippen MR) is 140 cm³/mol. The molecule has 0 aromatic heterocycles. The van der Waals surface area contributed by atoms with Gasteiger partial charge in [-0.15, -0.1) is 0 Å². The van der Waals surface area contributed by atoms with Gasteiger partial charge in [0.25, 0.3) is 0 Å². The van der Waals surface area contributed by atoms with Crippen LogP contribution in [-0.4, -0.2) is 0 Å². The Bertz CT molecular complexity index is 1120. The number of hydrogen-bond acceptors (Lipinski definition) is 4. The van der Waals surface area contributed by atoms with Crippen molar-refractivity contribution in [1.82, 2.24) is 0 Å². The van der Waals surface area contributed by atoms with E-state index in [2.05, 4.69) is 0 Å². The molecule has 0 aliphatic rings. The first-order valence-electron chi connectivity index (χ1n) is 9.83. The minimum absolute atomic E-state index is 0.188. The molecule has 184 valence electrons. The third-order valence-corrected chi connectivity index (χ3v) is 16.9. The zero-order valence-corrected chi connectivity index (χ0v) is 25.0. The van der Waals surface area contributed by atoms with E-state index in [9.17, 15) is 0 Å². The Labute approximate surface area is 230 Å². The molecule has 4 aromatic carbocycles. The normalized spacial score (nSPS) is 13.3. The molecule has 0 atom stereocenters. The Morgan fingerprint density at radius 1 is 0.343 bits per heavy atom. The first-order valence-corrected chi connectivity index (χ1v) is 23.4. The van der Waals surface area contributed by atoms with E-state index in [0.29, 0.717) is 20.1 Å². The van der Waals surface area contributed by atoms with Gasteiger partial charge in [0.2, 0.25) is 0 Å². The number of rotatable bonds is 8. The number of benzene rings is 4. The topological polar surface area (TPSA) is 36.9 Å². The van der Waals surface area contributed by atoms with Crippen molar-refractivity contribution in [3.8, 4) is 23.0 Å². The summed E-state index contributed by atoms with van der Waals surface area (Å²) in [6, 6.07) is 25.2. The molecule has 4 rings (SSSR count). The van der Waals surface area contributed by atoms with E-state index in [1.54, 1.807) is 97.1 Å². The predicted octanol–water partition coefficient (Wildman–Crippen LogP) is 10.1. The molecule has 0 fully saturated rings. The van der Waals surface area contributed by atoms with E-state index in [4.69, 9.17) is 78.8 Å². The molecule has 35 heavy (non-hydrogen) atoms. The van der Waals surface area contributed by atoms with E-state index in [1.165, 1.54) is 0 Å². The number of hydrogen-bond donors (Lipinski definition) is 0. The molecule has 11 heteroatoms. The van der Waals surface area contributed by atoms with Crippen molar-refractivity contribution >= 4 is 65.2 Å². The second kappa shape index (κ2) is 9.76. The molecule has 0 unspecified atom stereocenters. The van der Waals surface area contributed by atoms with Crippen molar-refractivity contribution in [3.63, 3.8) is 0 Å². The Balaban J connectivity index is 1.92. The minimum atomic E-state index is -7.36. The van der Waals surface area contributed by atoms with Gasteiger partial charge in [0.05, 0.1) is 0 Å². The molecule has 0 radical (unpaired) electrons. The third-order valence-electron chi connectivity index (χ3n) is 4.30. The van der Waals surface area contributed by atoms with E-state index < -0.39 is 13.0 Å². The van der Waals surface area contributed by atoms with Crippen molar-refractivity contribution in [1.29, 1.82) is 0 Å². The monoisotopic (exact) mass is 762 g/mol. The Morgan fingerprint density at radius 3 is 0.686 bits per heavy atom. The van der Waals surface area contributed by atoms with Crippen LogP contribution < -0.4 is 13.6 Å². The molecule has 4 nitrogen and oxygen atoms in total. The SMILES string of the molecule is Clc1ccc([O][W]([Cl])([Cl])([O]c2ccc(Cl)cc2)([O]c2ccc(Cl)cc2)[O]c2ccc(Cl)cc2)cc1. The van der Waals surface area contributed by atoms with Crippen LogP contribution in [0.15, 0.2) is 97.1 Å². The van der Waals surface area contributed by atoms with Crippen LogP contribution in [0.5, 0.6) is 23.0 Å². The van der Waals surface area contributed by atoms with E-state index in [-0.39, 0.29) is 23.0 Å². The van der Waals surface area contributed by atoms with Gasteiger partial charge in [-0.1, -0.05) is 0 Å². The van der Waals surface area contributed by atoms with Crippen LogP contribution in [0.2, 0.25) is 20.1 Å². The van der Waals surface area contributed by atoms with Crippen LogP contribution in [0.3, 0.4) is 0 Å². The van der Waals surface area contributed by atoms with Crippen molar-refractivity contribution in [2.45, 2.75) is 0 Å². The summed E-state index contributed by atoms with van der Waals surface area (Å²) < 4.78 is 25.0. The quantitative estimate of drug-likeness (QED) is 0.179. The third kappa shape index (κ3) is 6.84. The molecule has 0 bridgehead atoms. The van der Waals surface area contributed by atoms with Crippen molar-refractivity contribution in [2.24, 2.45) is 0 Å². The van der Waals surface area contributed by atoms with Gasteiger partial charge in [-0.25, -0.2) is 0 Å². The molecular formula is C24H16Cl6O4W. The zero-order valence-electron chi connectivity index (χ0n) is 17.5. The van der Waals surface area contributed by atoms with Gasteiger partial charge in [-0.3, -0.25) is 0 Å². The van der Waals surface area contributed by atoms with Gasteiger partial charge in [0.15, 0.2) is 0 Å². The van der Waals surface area contributed by atoms with Crippen LogP contribution in [0.4, 0.5) is 0 Å². The van der Waals surface area contributed by atoms with Crippen LogP contribution in [-0.2, 0) is 13.0 Å². The second-order valence-corrected chi connectivity index (χ2v) is 30.3. The Morgan fingerprint density at radius 2 is 0.514 bits per heavy atom. The summed E-state index contributed by atoms with van der Waals surface area (Å²) >= 11 is 16.8. The summed E-state index contributed by atoms with van der Waals surface area (Å²) in [6.45, 7) is 0. The average Bonchev–Trinajstić information content (AvgIpc) is 2.80. The molecule has 0 amide bonds. The maximum absolute atomic E-state index is 7.36. The molecule has 4 aromatic rings. The van der Waals surface area contributed by atoms with E-state index in [1.807, 2.05) is 0 Å². The van der Waals surface area contributed by atoms with E-state index >= 15 is 0 Å². The summed E-state index contributed by atoms with van der Waals surface area (Å²) in [5, 5.41) is 1.89. The van der Waals surface area contributed by atoms with Gasteiger partial charge in [-0.05, 0) is 0 Å². The molecule has 0 aliphatic heterocycles. The summed E-state index contributed by atoms with van der Waals surface area (Å²) in [4.78, 5) is 0. The summed E-state index contributed by atoms with van der Waals surface area (Å²) in [5.41, 5.74) is 0. The average molecular weight is 765 g/mol.